The van der Waals surface area contributed by atoms with Gasteiger partial charge >= 0.3 is 0 Å². The van der Waals surface area contributed by atoms with Crippen LogP contribution in [0.5, 0.6) is 0 Å². The van der Waals surface area contributed by atoms with Gasteiger partial charge in [0.2, 0.25) is 0 Å². The van der Waals surface area contributed by atoms with E-state index in [-0.39, 0.29) is 0 Å². The Morgan fingerprint density at radius 1 is 1.10 bits per heavy atom. The predicted octanol–water partition coefficient (Wildman–Crippen LogP) is 4.70. The smallest absolute Gasteiger partial charge is 0.119 e. The summed E-state index contributed by atoms with van der Waals surface area (Å²) in [6.07, 6.45) is 4.04. The van der Waals surface area contributed by atoms with E-state index >= 15 is 0 Å². The molecule has 0 fully saturated rings. The summed E-state index contributed by atoms with van der Waals surface area (Å²) in [6, 6.07) is 10.3. The van der Waals surface area contributed by atoms with E-state index in [1.54, 1.807) is 18.4 Å². The lowest BCUT2D eigenvalue weighted by atomic mass is 10.1. The van der Waals surface area contributed by atoms with Crippen LogP contribution in [0.4, 0.5) is 0 Å². The van der Waals surface area contributed by atoms with Crippen molar-refractivity contribution in [3.63, 3.8) is 0 Å². The molecule has 0 bridgehead atoms. The molecule has 6 nitrogen and oxygen atoms in total. The number of hydrogen-bond acceptors (Lipinski definition) is 5. The molecule has 0 radical (unpaired) electrons. The van der Waals surface area contributed by atoms with Gasteiger partial charge in [0.25, 0.3) is 0 Å². The highest BCUT2D eigenvalue weighted by atomic mass is 32.1. The Balaban J connectivity index is 1.82. The van der Waals surface area contributed by atoms with E-state index in [1.165, 1.54) is 4.88 Å². The van der Waals surface area contributed by atoms with E-state index < -0.39 is 0 Å². The van der Waals surface area contributed by atoms with Crippen molar-refractivity contribution in [2.75, 3.05) is 7.11 Å². The minimum absolute atomic E-state index is 0.542. The fraction of sp³-hybridized carbons (Fsp3) is 0.318. The second-order valence-electron chi connectivity index (χ2n) is 6.97. The molecule has 0 atom stereocenters. The van der Waals surface area contributed by atoms with Crippen LogP contribution in [0.1, 0.15) is 28.2 Å². The zero-order valence-corrected chi connectivity index (χ0v) is 18.0. The first-order valence-corrected chi connectivity index (χ1v) is 10.5. The van der Waals surface area contributed by atoms with Gasteiger partial charge in [-0.1, -0.05) is 30.3 Å². The van der Waals surface area contributed by atoms with Crippen molar-refractivity contribution in [3.8, 4) is 22.5 Å². The van der Waals surface area contributed by atoms with E-state index in [9.17, 15) is 0 Å². The van der Waals surface area contributed by atoms with Gasteiger partial charge in [0.15, 0.2) is 0 Å². The highest BCUT2D eigenvalue weighted by Gasteiger charge is 2.20. The van der Waals surface area contributed by atoms with Crippen molar-refractivity contribution in [1.82, 2.24) is 24.3 Å². The largest absolute Gasteiger partial charge is 0.378 e. The molecule has 0 saturated carbocycles. The molecule has 0 aliphatic carbocycles. The third-order valence-electron chi connectivity index (χ3n) is 4.93. The molecule has 3 aromatic heterocycles. The number of hydrogen-bond donors (Lipinski definition) is 0. The van der Waals surface area contributed by atoms with Crippen molar-refractivity contribution >= 4 is 11.3 Å². The average Bonchev–Trinajstić information content (AvgIpc) is 3.40. The molecule has 0 spiro atoms. The summed E-state index contributed by atoms with van der Waals surface area (Å²) in [4.78, 5) is 10.7. The maximum atomic E-state index is 5.25. The average molecular weight is 408 g/mol. The number of rotatable bonds is 7. The number of nitrogens with zero attached hydrogens (tertiary/aromatic N) is 5. The monoisotopic (exact) mass is 407 g/mol. The van der Waals surface area contributed by atoms with Crippen molar-refractivity contribution in [2.24, 2.45) is 0 Å². The standard InChI is InChI=1S/C22H25N5OS/c1-5-27-11-18(15(2)25-27)22-21(17-9-7-6-8-10-17)23-14-26(22)12-19-16(3)24-20(29-19)13-28-4/h6-11,14H,5,12-13H2,1-4H3. The summed E-state index contributed by atoms with van der Waals surface area (Å²) in [5.41, 5.74) is 6.34. The molecule has 3 heterocycles. The molecule has 150 valence electrons. The Bertz CT molecular complexity index is 1110. The summed E-state index contributed by atoms with van der Waals surface area (Å²) >= 11 is 1.70. The third-order valence-corrected chi connectivity index (χ3v) is 6.04. The first-order valence-electron chi connectivity index (χ1n) is 9.69. The molecule has 0 aliphatic rings. The zero-order valence-electron chi connectivity index (χ0n) is 17.2. The summed E-state index contributed by atoms with van der Waals surface area (Å²) in [6.45, 7) is 8.31. The van der Waals surface area contributed by atoms with Gasteiger partial charge in [-0.3, -0.25) is 4.68 Å². The lowest BCUT2D eigenvalue weighted by Gasteiger charge is -2.09. The number of imidazole rings is 1. The Morgan fingerprint density at radius 3 is 2.59 bits per heavy atom. The molecule has 29 heavy (non-hydrogen) atoms. The van der Waals surface area contributed by atoms with E-state index in [1.807, 2.05) is 29.2 Å². The number of thiazole rings is 1. The van der Waals surface area contributed by atoms with Gasteiger partial charge in [-0.25, -0.2) is 9.97 Å². The molecule has 0 amide bonds. The molecule has 0 aliphatic heterocycles. The Kier molecular flexibility index (Phi) is 5.60. The summed E-state index contributed by atoms with van der Waals surface area (Å²) < 4.78 is 9.44. The highest BCUT2D eigenvalue weighted by Crippen LogP contribution is 2.34. The minimum Gasteiger partial charge on any atom is -0.378 e. The summed E-state index contributed by atoms with van der Waals surface area (Å²) in [5.74, 6) is 0. The molecule has 0 N–H and O–H groups in total. The van der Waals surface area contributed by atoms with Gasteiger partial charge in [0.1, 0.15) is 5.01 Å². The van der Waals surface area contributed by atoms with Crippen LogP contribution in [-0.4, -0.2) is 31.4 Å². The van der Waals surface area contributed by atoms with Gasteiger partial charge in [0.05, 0.1) is 42.3 Å². The quantitative estimate of drug-likeness (QED) is 0.445. The fourth-order valence-corrected chi connectivity index (χ4v) is 4.52. The minimum atomic E-state index is 0.542. The van der Waals surface area contributed by atoms with Gasteiger partial charge in [0, 0.05) is 35.9 Å². The van der Waals surface area contributed by atoms with Crippen molar-refractivity contribution in [1.29, 1.82) is 0 Å². The third kappa shape index (κ3) is 3.88. The highest BCUT2D eigenvalue weighted by molar-refractivity contribution is 7.11. The first-order chi connectivity index (χ1) is 14.1. The lowest BCUT2D eigenvalue weighted by Crippen LogP contribution is -2.01. The molecule has 4 rings (SSSR count). The maximum Gasteiger partial charge on any atom is 0.119 e. The second-order valence-corrected chi connectivity index (χ2v) is 8.14. The van der Waals surface area contributed by atoms with Crippen LogP contribution in [-0.2, 0) is 24.4 Å². The second kappa shape index (κ2) is 8.31. The molecule has 0 unspecified atom stereocenters. The number of methoxy groups -OCH3 is 1. The maximum absolute atomic E-state index is 5.25. The molecule has 0 saturated heterocycles. The van der Waals surface area contributed by atoms with Crippen molar-refractivity contribution in [2.45, 2.75) is 40.5 Å². The van der Waals surface area contributed by atoms with Crippen molar-refractivity contribution < 1.29 is 4.74 Å². The van der Waals surface area contributed by atoms with Crippen LogP contribution in [0.25, 0.3) is 22.5 Å². The van der Waals surface area contributed by atoms with E-state index in [2.05, 4.69) is 53.8 Å². The van der Waals surface area contributed by atoms with E-state index in [4.69, 9.17) is 9.72 Å². The molecular formula is C22H25N5OS. The van der Waals surface area contributed by atoms with Crippen LogP contribution < -0.4 is 0 Å². The topological polar surface area (TPSA) is 57.8 Å². The molecule has 7 heteroatoms. The van der Waals surface area contributed by atoms with E-state index in [0.29, 0.717) is 6.61 Å². The van der Waals surface area contributed by atoms with Crippen LogP contribution in [0.3, 0.4) is 0 Å². The number of aromatic nitrogens is 5. The first kappa shape index (κ1) is 19.5. The Hall–Kier alpha value is -2.77. The van der Waals surface area contributed by atoms with Gasteiger partial charge in [-0.15, -0.1) is 11.3 Å². The molecule has 4 aromatic rings. The number of aryl methyl sites for hydroxylation is 3. The number of benzene rings is 1. The van der Waals surface area contributed by atoms with Crippen LogP contribution >= 0.6 is 11.3 Å². The zero-order chi connectivity index (χ0) is 20.4. The van der Waals surface area contributed by atoms with E-state index in [0.717, 1.165) is 52.0 Å². The van der Waals surface area contributed by atoms with Crippen LogP contribution in [0.15, 0.2) is 42.9 Å². The van der Waals surface area contributed by atoms with Crippen molar-refractivity contribution in [3.05, 3.63) is 64.1 Å². The molecular weight excluding hydrogens is 382 g/mol. The summed E-state index contributed by atoms with van der Waals surface area (Å²) in [5, 5.41) is 5.66. The fourth-order valence-electron chi connectivity index (χ4n) is 3.48. The van der Waals surface area contributed by atoms with Gasteiger partial charge in [-0.2, -0.15) is 5.10 Å². The summed E-state index contributed by atoms with van der Waals surface area (Å²) in [7, 11) is 1.70. The number of ether oxygens (including phenoxy) is 1. The van der Waals surface area contributed by atoms with Crippen LogP contribution in [0, 0.1) is 13.8 Å². The Labute approximate surface area is 174 Å². The normalized spacial score (nSPS) is 11.3. The van der Waals surface area contributed by atoms with Gasteiger partial charge in [-0.05, 0) is 20.8 Å². The Morgan fingerprint density at radius 2 is 1.90 bits per heavy atom. The predicted molar refractivity (Wildman–Crippen MR) is 116 cm³/mol. The van der Waals surface area contributed by atoms with Gasteiger partial charge < -0.3 is 9.30 Å². The lowest BCUT2D eigenvalue weighted by molar-refractivity contribution is 0.184. The SMILES string of the molecule is CCn1cc(-c2c(-c3ccccc3)ncn2Cc2sc(COC)nc2C)c(C)n1. The molecule has 1 aromatic carbocycles. The van der Waals surface area contributed by atoms with Crippen LogP contribution in [0.2, 0.25) is 0 Å².